The van der Waals surface area contributed by atoms with Crippen molar-refractivity contribution in [2.45, 2.75) is 30.1 Å². The van der Waals surface area contributed by atoms with Crippen molar-refractivity contribution in [3.8, 4) is 6.07 Å². The molecular formula is C22H16F6N4O2. The molecule has 1 amide bonds. The number of hydrogen-bond donors (Lipinski definition) is 1. The van der Waals surface area contributed by atoms with Crippen LogP contribution >= 0.6 is 0 Å². The Bertz CT molecular complexity index is 1210. The normalized spacial score (nSPS) is 25.7. The van der Waals surface area contributed by atoms with Crippen LogP contribution in [-0.2, 0) is 22.8 Å². The highest BCUT2D eigenvalue weighted by Crippen LogP contribution is 2.54. The van der Waals surface area contributed by atoms with Gasteiger partial charge in [-0.15, -0.1) is 0 Å². The minimum absolute atomic E-state index is 0.0980. The van der Waals surface area contributed by atoms with Gasteiger partial charge >= 0.3 is 12.4 Å². The fraction of sp³-hybridized carbons (Fsp3) is 0.318. The number of amides is 1. The lowest BCUT2D eigenvalue weighted by atomic mass is 9.83. The number of primary amides is 1. The van der Waals surface area contributed by atoms with Crippen molar-refractivity contribution in [2.24, 2.45) is 5.73 Å². The molecule has 34 heavy (non-hydrogen) atoms. The second-order valence-electron chi connectivity index (χ2n) is 8.00. The molecule has 4 rings (SSSR count). The maximum absolute atomic E-state index is 14.2. The second-order valence-corrected chi connectivity index (χ2v) is 8.00. The highest BCUT2D eigenvalue weighted by Gasteiger charge is 2.65. The molecule has 5 unspecified atom stereocenters. The Morgan fingerprint density at radius 1 is 1.00 bits per heavy atom. The molecule has 2 aliphatic rings. The summed E-state index contributed by atoms with van der Waals surface area (Å²) in [5.41, 5.74) is -0.568. The standard InChI is InChI=1S/C22H16F6N4O2/c23-21(24,25)14-5-2-4-13(7-14)20(31-9-15(31)8-29,32-10-17(32)19(30)34)18-12(11-33)3-1-6-16(18)22(26,27)28/h1-7,11,15,17H,9-10H2,(H2,30,34). The van der Waals surface area contributed by atoms with Gasteiger partial charge in [0.1, 0.15) is 24.0 Å². The lowest BCUT2D eigenvalue weighted by molar-refractivity contribution is -0.140. The summed E-state index contributed by atoms with van der Waals surface area (Å²) in [6.45, 7) is -0.274. The van der Waals surface area contributed by atoms with E-state index >= 15 is 0 Å². The Morgan fingerprint density at radius 2 is 1.65 bits per heavy atom. The van der Waals surface area contributed by atoms with E-state index in [4.69, 9.17) is 5.73 Å². The molecular weight excluding hydrogens is 466 g/mol. The summed E-state index contributed by atoms with van der Waals surface area (Å²) in [5, 5.41) is 9.48. The van der Waals surface area contributed by atoms with Crippen LogP contribution in [0.4, 0.5) is 26.3 Å². The molecule has 5 atom stereocenters. The molecule has 0 aliphatic carbocycles. The lowest BCUT2D eigenvalue weighted by Crippen LogP contribution is -2.49. The summed E-state index contributed by atoms with van der Waals surface area (Å²) in [4.78, 5) is 26.3. The topological polar surface area (TPSA) is 90.0 Å². The zero-order valence-electron chi connectivity index (χ0n) is 17.2. The number of carbonyl (C=O) groups is 2. The largest absolute Gasteiger partial charge is 0.416 e. The predicted octanol–water partition coefficient (Wildman–Crippen LogP) is 3.12. The third-order valence-electron chi connectivity index (χ3n) is 6.00. The van der Waals surface area contributed by atoms with Crippen LogP contribution in [0.2, 0.25) is 0 Å². The number of hydrogen-bond acceptors (Lipinski definition) is 5. The van der Waals surface area contributed by atoms with E-state index in [2.05, 4.69) is 0 Å². The van der Waals surface area contributed by atoms with Gasteiger partial charge in [-0.05, 0) is 23.8 Å². The van der Waals surface area contributed by atoms with Crippen molar-refractivity contribution in [1.29, 1.82) is 5.26 Å². The van der Waals surface area contributed by atoms with Crippen molar-refractivity contribution >= 4 is 12.2 Å². The Balaban J connectivity index is 2.13. The number of alkyl halides is 6. The van der Waals surface area contributed by atoms with Crippen LogP contribution in [0.5, 0.6) is 0 Å². The van der Waals surface area contributed by atoms with Crippen LogP contribution in [0.3, 0.4) is 0 Å². The van der Waals surface area contributed by atoms with Gasteiger partial charge in [0, 0.05) is 24.2 Å². The third kappa shape index (κ3) is 3.70. The Hall–Kier alpha value is -3.43. The van der Waals surface area contributed by atoms with Crippen LogP contribution in [-0.4, -0.2) is 47.2 Å². The summed E-state index contributed by atoms with van der Waals surface area (Å²) in [7, 11) is 0. The maximum atomic E-state index is 14.2. The van der Waals surface area contributed by atoms with E-state index in [1.165, 1.54) is 15.9 Å². The quantitative estimate of drug-likeness (QED) is 0.388. The van der Waals surface area contributed by atoms with Gasteiger partial charge in [0.25, 0.3) is 0 Å². The van der Waals surface area contributed by atoms with E-state index in [9.17, 15) is 41.2 Å². The van der Waals surface area contributed by atoms with Gasteiger partial charge in [-0.2, -0.15) is 31.6 Å². The Labute approximate surface area is 189 Å². The Morgan fingerprint density at radius 3 is 2.15 bits per heavy atom. The molecule has 0 spiro atoms. The van der Waals surface area contributed by atoms with Gasteiger partial charge in [0.2, 0.25) is 5.91 Å². The number of nitrogens with zero attached hydrogens (tertiary/aromatic N) is 3. The summed E-state index contributed by atoms with van der Waals surface area (Å²) in [6, 6.07) is 6.25. The van der Waals surface area contributed by atoms with Crippen LogP contribution in [0.15, 0.2) is 42.5 Å². The molecule has 2 heterocycles. The molecule has 0 bridgehead atoms. The van der Waals surface area contributed by atoms with Gasteiger partial charge in [0.15, 0.2) is 0 Å². The number of nitrogens with two attached hydrogens (primary N) is 1. The second kappa shape index (κ2) is 7.82. The molecule has 0 radical (unpaired) electrons. The van der Waals surface area contributed by atoms with Gasteiger partial charge in [0.05, 0.1) is 17.2 Å². The zero-order chi connectivity index (χ0) is 25.1. The van der Waals surface area contributed by atoms with Crippen LogP contribution in [0, 0.1) is 11.3 Å². The van der Waals surface area contributed by atoms with E-state index in [1.807, 2.05) is 6.07 Å². The van der Waals surface area contributed by atoms with Gasteiger partial charge in [-0.1, -0.05) is 24.3 Å². The van der Waals surface area contributed by atoms with E-state index in [0.29, 0.717) is 12.1 Å². The zero-order valence-corrected chi connectivity index (χ0v) is 17.2. The molecule has 0 aromatic heterocycles. The summed E-state index contributed by atoms with van der Waals surface area (Å²) in [6.07, 6.45) is -9.66. The van der Waals surface area contributed by atoms with Crippen molar-refractivity contribution in [3.63, 3.8) is 0 Å². The fourth-order valence-corrected chi connectivity index (χ4v) is 4.48. The molecule has 6 nitrogen and oxygen atoms in total. The van der Waals surface area contributed by atoms with Crippen LogP contribution in [0.25, 0.3) is 0 Å². The van der Waals surface area contributed by atoms with Gasteiger partial charge in [-0.25, -0.2) is 0 Å². The highest BCUT2D eigenvalue weighted by molar-refractivity contribution is 5.84. The summed E-state index contributed by atoms with van der Waals surface area (Å²) < 4.78 is 83.3. The van der Waals surface area contributed by atoms with Crippen molar-refractivity contribution in [3.05, 3.63) is 70.3 Å². The van der Waals surface area contributed by atoms with Crippen molar-refractivity contribution < 1.29 is 35.9 Å². The number of aldehydes is 1. The molecule has 2 aromatic carbocycles. The van der Waals surface area contributed by atoms with Crippen molar-refractivity contribution in [1.82, 2.24) is 9.80 Å². The molecule has 2 aromatic rings. The SMILES string of the molecule is N#CC1CN1C(c1cccc(C(F)(F)F)c1)(c1c(C=O)cccc1C(F)(F)F)N1CC1C(N)=O. The van der Waals surface area contributed by atoms with Gasteiger partial charge in [-0.3, -0.25) is 19.4 Å². The first-order valence-corrected chi connectivity index (χ1v) is 9.93. The monoisotopic (exact) mass is 482 g/mol. The molecule has 0 saturated carbocycles. The van der Waals surface area contributed by atoms with Crippen LogP contribution in [0.1, 0.15) is 32.6 Å². The molecule has 12 heteroatoms. The predicted molar refractivity (Wildman–Crippen MR) is 105 cm³/mol. The number of benzene rings is 2. The van der Waals surface area contributed by atoms with E-state index in [0.717, 1.165) is 24.3 Å². The fourth-order valence-electron chi connectivity index (χ4n) is 4.48. The minimum Gasteiger partial charge on any atom is -0.368 e. The average Bonchev–Trinajstić information content (AvgIpc) is 3.68. The number of nitriles is 1. The molecule has 2 saturated heterocycles. The molecule has 2 fully saturated rings. The highest BCUT2D eigenvalue weighted by atomic mass is 19.4. The maximum Gasteiger partial charge on any atom is 0.416 e. The van der Waals surface area contributed by atoms with Crippen LogP contribution < -0.4 is 5.73 Å². The molecule has 178 valence electrons. The minimum atomic E-state index is -5.00. The molecule has 2 aliphatic heterocycles. The first kappa shape index (κ1) is 23.7. The summed E-state index contributed by atoms with van der Waals surface area (Å²) in [5.74, 6) is -0.899. The first-order chi connectivity index (χ1) is 15.9. The van der Waals surface area contributed by atoms with E-state index in [1.54, 1.807) is 0 Å². The van der Waals surface area contributed by atoms with E-state index in [-0.39, 0.29) is 24.9 Å². The summed E-state index contributed by atoms with van der Waals surface area (Å²) >= 11 is 0. The average molecular weight is 482 g/mol. The van der Waals surface area contributed by atoms with Gasteiger partial charge < -0.3 is 5.73 Å². The third-order valence-corrected chi connectivity index (χ3v) is 6.00. The van der Waals surface area contributed by atoms with E-state index < -0.39 is 58.3 Å². The first-order valence-electron chi connectivity index (χ1n) is 9.93. The molecule has 2 N–H and O–H groups in total. The Kier molecular flexibility index (Phi) is 5.45. The van der Waals surface area contributed by atoms with Crippen molar-refractivity contribution in [2.75, 3.05) is 13.1 Å². The number of halogens is 6. The number of rotatable bonds is 6. The number of carbonyl (C=O) groups excluding carboxylic acids is 2. The smallest absolute Gasteiger partial charge is 0.368 e. The lowest BCUT2D eigenvalue weighted by Gasteiger charge is -2.41.